The molecule has 3 aromatic rings. The van der Waals surface area contributed by atoms with Gasteiger partial charge in [0, 0.05) is 11.3 Å². The molecule has 0 saturated heterocycles. The van der Waals surface area contributed by atoms with Crippen molar-refractivity contribution >= 4 is 51.3 Å². The van der Waals surface area contributed by atoms with Crippen LogP contribution in [0.1, 0.15) is 21.5 Å². The molecule has 2 heterocycles. The largest absolute Gasteiger partial charge is 0.482 e. The van der Waals surface area contributed by atoms with Gasteiger partial charge in [-0.3, -0.25) is 9.59 Å². The van der Waals surface area contributed by atoms with Gasteiger partial charge in [0.25, 0.3) is 5.91 Å². The number of aromatic nitrogens is 2. The maximum absolute atomic E-state index is 12.5. The quantitative estimate of drug-likeness (QED) is 0.451. The summed E-state index contributed by atoms with van der Waals surface area (Å²) < 4.78 is 6.02. The highest BCUT2D eigenvalue weighted by Gasteiger charge is 2.18. The lowest BCUT2D eigenvalue weighted by Crippen LogP contribution is -2.25. The van der Waals surface area contributed by atoms with Gasteiger partial charge in [0.05, 0.1) is 11.4 Å². The van der Waals surface area contributed by atoms with Crippen LogP contribution in [0, 0.1) is 13.8 Å². The molecule has 0 spiro atoms. The van der Waals surface area contributed by atoms with Crippen LogP contribution in [0.2, 0.25) is 0 Å². The Morgan fingerprint density at radius 1 is 1.28 bits per heavy atom. The van der Waals surface area contributed by atoms with E-state index in [0.717, 1.165) is 11.3 Å². The summed E-state index contributed by atoms with van der Waals surface area (Å²) in [7, 11) is 0. The number of ether oxygens (including phenoxy) is 1. The van der Waals surface area contributed by atoms with Crippen LogP contribution in [0.3, 0.4) is 0 Å². The van der Waals surface area contributed by atoms with E-state index in [1.807, 2.05) is 12.1 Å². The fraction of sp³-hybridized carbons (Fsp3) is 0.200. The summed E-state index contributed by atoms with van der Waals surface area (Å²) in [4.78, 5) is 24.0. The van der Waals surface area contributed by atoms with E-state index in [1.54, 1.807) is 18.2 Å². The number of rotatable bonds is 6. The third-order valence-corrected chi connectivity index (χ3v) is 6.49. The number of aryl methyl sites for hydroxylation is 1. The van der Waals surface area contributed by atoms with Crippen LogP contribution in [-0.2, 0) is 4.79 Å². The maximum Gasteiger partial charge on any atom is 0.262 e. The van der Waals surface area contributed by atoms with Crippen molar-refractivity contribution in [1.29, 1.82) is 0 Å². The summed E-state index contributed by atoms with van der Waals surface area (Å²) in [5.41, 5.74) is 4.39. The number of hydrogen-bond acceptors (Lipinski definition) is 8. The molecule has 1 aliphatic rings. The van der Waals surface area contributed by atoms with E-state index in [2.05, 4.69) is 40.7 Å². The number of carbonyl (C=O) groups is 2. The summed E-state index contributed by atoms with van der Waals surface area (Å²) in [6.07, 6.45) is 0. The lowest BCUT2D eigenvalue weighted by molar-refractivity contribution is -0.118. The van der Waals surface area contributed by atoms with Crippen LogP contribution >= 0.6 is 23.1 Å². The summed E-state index contributed by atoms with van der Waals surface area (Å²) in [5.74, 6) is 0.511. The topological polar surface area (TPSA) is 93.2 Å². The summed E-state index contributed by atoms with van der Waals surface area (Å²) in [6.45, 7) is 4.11. The molecule has 0 atom stereocenters. The molecule has 1 aromatic heterocycles. The number of carbonyl (C=O) groups excluding carboxylic acids is 2. The highest BCUT2D eigenvalue weighted by molar-refractivity contribution is 8.01. The Hall–Kier alpha value is -2.91. The molecule has 2 aromatic carbocycles. The van der Waals surface area contributed by atoms with Gasteiger partial charge in [-0.25, -0.2) is 0 Å². The van der Waals surface area contributed by atoms with Crippen LogP contribution in [-0.4, -0.2) is 34.2 Å². The Morgan fingerprint density at radius 2 is 2.14 bits per heavy atom. The van der Waals surface area contributed by atoms with Crippen LogP contribution in [0.25, 0.3) is 0 Å². The zero-order chi connectivity index (χ0) is 20.4. The molecular weight excluding hydrogens is 408 g/mol. The van der Waals surface area contributed by atoms with Crippen molar-refractivity contribution in [2.75, 3.05) is 23.0 Å². The van der Waals surface area contributed by atoms with Crippen molar-refractivity contribution in [3.8, 4) is 5.75 Å². The summed E-state index contributed by atoms with van der Waals surface area (Å²) in [5, 5.41) is 15.0. The fourth-order valence-corrected chi connectivity index (χ4v) is 4.45. The normalized spacial score (nSPS) is 12.7. The number of hydrogen-bond donors (Lipinski definition) is 2. The Labute approximate surface area is 175 Å². The molecule has 1 aliphatic heterocycles. The van der Waals surface area contributed by atoms with Crippen molar-refractivity contribution in [2.24, 2.45) is 0 Å². The second-order valence-corrected chi connectivity index (χ2v) is 8.71. The summed E-state index contributed by atoms with van der Waals surface area (Å²) >= 11 is 2.74. The van der Waals surface area contributed by atoms with Crippen molar-refractivity contribution < 1.29 is 14.3 Å². The smallest absolute Gasteiger partial charge is 0.262 e. The Bertz CT molecular complexity index is 1100. The highest BCUT2D eigenvalue weighted by atomic mass is 32.2. The maximum atomic E-state index is 12.5. The second kappa shape index (κ2) is 8.22. The monoisotopic (exact) mass is 426 g/mol. The average molecular weight is 427 g/mol. The molecule has 0 unspecified atom stereocenters. The number of amides is 1. The molecule has 1 amide bonds. The predicted molar refractivity (Wildman–Crippen MR) is 115 cm³/mol. The molecule has 4 rings (SSSR count). The first-order chi connectivity index (χ1) is 14.0. The fourth-order valence-electron chi connectivity index (χ4n) is 2.79. The van der Waals surface area contributed by atoms with E-state index >= 15 is 0 Å². The first-order valence-electron chi connectivity index (χ1n) is 8.89. The molecule has 2 N–H and O–H groups in total. The molecule has 0 radical (unpaired) electrons. The lowest BCUT2D eigenvalue weighted by atomic mass is 10.1. The number of fused-ring (bicyclic) bond motifs is 1. The standard InChI is InChI=1S/C20H18N4O3S2/c1-11-4-3-5-14(12(11)2)22-19-23-24-20(29-19)28-10-16(25)13-6-7-17-15(8-13)21-18(26)9-27-17/h3-8H,9-10H2,1-2H3,(H,21,26)(H,22,23). The first kappa shape index (κ1) is 19.4. The van der Waals surface area contributed by atoms with E-state index in [9.17, 15) is 9.59 Å². The molecule has 7 nitrogen and oxygen atoms in total. The second-order valence-electron chi connectivity index (χ2n) is 6.51. The number of benzene rings is 2. The SMILES string of the molecule is Cc1cccc(Nc2nnc(SCC(=O)c3ccc4c(c3)NC(=O)CO4)s2)c1C. The van der Waals surface area contributed by atoms with Crippen molar-refractivity contribution in [2.45, 2.75) is 18.2 Å². The molecule has 0 aliphatic carbocycles. The minimum Gasteiger partial charge on any atom is -0.482 e. The van der Waals surface area contributed by atoms with Gasteiger partial charge in [-0.05, 0) is 49.2 Å². The Kier molecular flexibility index (Phi) is 5.50. The van der Waals surface area contributed by atoms with Crippen LogP contribution in [0.4, 0.5) is 16.5 Å². The van der Waals surface area contributed by atoms with E-state index in [-0.39, 0.29) is 24.1 Å². The highest BCUT2D eigenvalue weighted by Crippen LogP contribution is 2.31. The van der Waals surface area contributed by atoms with E-state index in [1.165, 1.54) is 28.7 Å². The zero-order valence-electron chi connectivity index (χ0n) is 15.8. The first-order valence-corrected chi connectivity index (χ1v) is 10.7. The number of thioether (sulfide) groups is 1. The number of anilines is 3. The Balaban J connectivity index is 1.38. The molecule has 29 heavy (non-hydrogen) atoms. The zero-order valence-corrected chi connectivity index (χ0v) is 17.4. The van der Waals surface area contributed by atoms with Gasteiger partial charge in [0.1, 0.15) is 5.75 Å². The van der Waals surface area contributed by atoms with Gasteiger partial charge in [-0.2, -0.15) is 0 Å². The number of nitrogens with one attached hydrogen (secondary N) is 2. The van der Waals surface area contributed by atoms with Gasteiger partial charge < -0.3 is 15.4 Å². The predicted octanol–water partition coefficient (Wildman–Crippen LogP) is 4.20. The molecule has 0 bridgehead atoms. The lowest BCUT2D eigenvalue weighted by Gasteiger charge is -2.18. The van der Waals surface area contributed by atoms with Gasteiger partial charge in [0.15, 0.2) is 16.7 Å². The minimum absolute atomic E-state index is 0.00830. The molecular formula is C20H18N4O3S2. The third kappa shape index (κ3) is 4.41. The third-order valence-electron chi connectivity index (χ3n) is 4.51. The molecule has 148 valence electrons. The summed E-state index contributed by atoms with van der Waals surface area (Å²) in [6, 6.07) is 11.1. The van der Waals surface area contributed by atoms with Crippen LogP contribution < -0.4 is 15.4 Å². The van der Waals surface area contributed by atoms with Gasteiger partial charge in [0.2, 0.25) is 5.13 Å². The van der Waals surface area contributed by atoms with E-state index < -0.39 is 0 Å². The number of ketones is 1. The minimum atomic E-state index is -0.228. The van der Waals surface area contributed by atoms with Crippen molar-refractivity contribution in [1.82, 2.24) is 10.2 Å². The van der Waals surface area contributed by atoms with Crippen molar-refractivity contribution in [3.05, 3.63) is 53.1 Å². The molecule has 0 saturated carbocycles. The van der Waals surface area contributed by atoms with Gasteiger partial charge in [-0.15, -0.1) is 10.2 Å². The number of nitrogens with zero attached hydrogens (tertiary/aromatic N) is 2. The number of Topliss-reactive ketones (excluding diaryl/α,β-unsaturated/α-hetero) is 1. The molecule has 9 heteroatoms. The van der Waals surface area contributed by atoms with E-state index in [0.29, 0.717) is 26.5 Å². The molecule has 0 fully saturated rings. The van der Waals surface area contributed by atoms with E-state index in [4.69, 9.17) is 4.74 Å². The Morgan fingerprint density at radius 3 is 3.00 bits per heavy atom. The van der Waals surface area contributed by atoms with Crippen LogP contribution in [0.5, 0.6) is 5.75 Å². The average Bonchev–Trinajstić information content (AvgIpc) is 3.16. The van der Waals surface area contributed by atoms with Crippen molar-refractivity contribution in [3.63, 3.8) is 0 Å². The van der Waals surface area contributed by atoms with Gasteiger partial charge in [-0.1, -0.05) is 35.2 Å². The van der Waals surface area contributed by atoms with Gasteiger partial charge >= 0.3 is 0 Å². The van der Waals surface area contributed by atoms with Crippen LogP contribution in [0.15, 0.2) is 40.7 Å².